The Morgan fingerprint density at radius 1 is 0.450 bits per heavy atom. The van der Waals surface area contributed by atoms with Gasteiger partial charge in [0, 0.05) is 13.1 Å². The Bertz CT molecular complexity index is 467. The zero-order valence-corrected chi connectivity index (χ0v) is 29.0. The Kier molecular flexibility index (Phi) is 27.5. The van der Waals surface area contributed by atoms with Crippen LogP contribution in [0.2, 0.25) is 0 Å². The van der Waals surface area contributed by atoms with E-state index < -0.39 is 0 Å². The molecule has 0 aliphatic carbocycles. The third-order valence-corrected chi connectivity index (χ3v) is 7.70. The molecule has 3 heterocycles. The molecular weight excluding hydrogens is 494 g/mol. The maximum Gasteiger partial charge on any atom is 0.0596 e. The highest BCUT2D eigenvalue weighted by Gasteiger charge is 2.11. The van der Waals surface area contributed by atoms with Gasteiger partial charge in [0.25, 0.3) is 0 Å². The lowest BCUT2D eigenvalue weighted by atomic mass is 10.1. The van der Waals surface area contributed by atoms with Crippen LogP contribution in [-0.4, -0.2) is 99.0 Å². The lowest BCUT2D eigenvalue weighted by molar-refractivity contribution is 0.0549. The molecule has 5 heteroatoms. The average Bonchev–Trinajstić information content (AvgIpc) is 3.43. The molecule has 0 spiro atoms. The Hall–Kier alpha value is -0.200. The number of hydrogen-bond acceptors (Lipinski definition) is 5. The molecule has 3 fully saturated rings. The minimum absolute atomic E-state index is 0.384. The summed E-state index contributed by atoms with van der Waals surface area (Å²) in [7, 11) is 0. The van der Waals surface area contributed by atoms with Crippen molar-refractivity contribution in [2.24, 2.45) is 11.8 Å². The Morgan fingerprint density at radius 2 is 0.775 bits per heavy atom. The van der Waals surface area contributed by atoms with Crippen LogP contribution >= 0.6 is 0 Å². The second-order valence-electron chi connectivity index (χ2n) is 13.6. The zero-order valence-electron chi connectivity index (χ0n) is 29.0. The fraction of sp³-hybridized carbons (Fsp3) is 1.00. The van der Waals surface area contributed by atoms with E-state index in [-0.39, 0.29) is 0 Å². The largest absolute Gasteiger partial charge is 0.377 e. The van der Waals surface area contributed by atoms with Crippen LogP contribution < -0.4 is 0 Å². The Labute approximate surface area is 253 Å². The van der Waals surface area contributed by atoms with Gasteiger partial charge in [0.15, 0.2) is 0 Å². The molecule has 0 aromatic rings. The van der Waals surface area contributed by atoms with Crippen molar-refractivity contribution in [1.82, 2.24) is 14.7 Å². The Morgan fingerprint density at radius 3 is 1.05 bits per heavy atom. The molecule has 0 N–H and O–H groups in total. The third kappa shape index (κ3) is 27.9. The van der Waals surface area contributed by atoms with Gasteiger partial charge in [-0.2, -0.15) is 0 Å². The van der Waals surface area contributed by atoms with Crippen molar-refractivity contribution in [3.63, 3.8) is 0 Å². The summed E-state index contributed by atoms with van der Waals surface area (Å²) in [4.78, 5) is 7.60. The van der Waals surface area contributed by atoms with Crippen molar-refractivity contribution in [3.05, 3.63) is 0 Å². The summed E-state index contributed by atoms with van der Waals surface area (Å²) in [5.74, 6) is 1.77. The molecule has 3 saturated heterocycles. The molecule has 40 heavy (non-hydrogen) atoms. The summed E-state index contributed by atoms with van der Waals surface area (Å²) in [6.45, 7) is 32.9. The van der Waals surface area contributed by atoms with Crippen molar-refractivity contribution in [1.29, 1.82) is 0 Å². The van der Waals surface area contributed by atoms with E-state index in [1.54, 1.807) is 0 Å². The second-order valence-corrected chi connectivity index (χ2v) is 13.6. The van der Waals surface area contributed by atoms with E-state index in [0.717, 1.165) is 38.1 Å². The molecular formula is C35H75N3O2. The second kappa shape index (κ2) is 27.6. The first kappa shape index (κ1) is 39.8. The van der Waals surface area contributed by atoms with Gasteiger partial charge in [0.05, 0.1) is 25.4 Å². The van der Waals surface area contributed by atoms with E-state index in [1.165, 1.54) is 116 Å². The first-order valence-electron chi connectivity index (χ1n) is 17.5. The summed E-state index contributed by atoms with van der Waals surface area (Å²) in [5, 5.41) is 0. The number of rotatable bonds is 13. The van der Waals surface area contributed by atoms with E-state index >= 15 is 0 Å². The molecule has 242 valence electrons. The minimum Gasteiger partial charge on any atom is -0.377 e. The molecule has 3 aliphatic rings. The van der Waals surface area contributed by atoms with Gasteiger partial charge in [0.2, 0.25) is 0 Å². The van der Waals surface area contributed by atoms with Crippen molar-refractivity contribution < 1.29 is 9.47 Å². The van der Waals surface area contributed by atoms with Gasteiger partial charge in [-0.3, -0.25) is 0 Å². The SMILES string of the molecule is CC(C)CCN1CCCC1.CC(C)OCCN1CCCCC1.CC(C)OCCN1CCCCC1.CCCC(C)C. The summed E-state index contributed by atoms with van der Waals surface area (Å²) < 4.78 is 11.0. The average molecular weight is 570 g/mol. The monoisotopic (exact) mass is 570 g/mol. The molecule has 0 atom stereocenters. The van der Waals surface area contributed by atoms with E-state index in [1.807, 2.05) is 0 Å². The standard InChI is InChI=1S/2C10H21NO.C9H19N.C6H14/c2*1-10(2)12-9-8-11-6-4-3-5-7-11;1-9(2)5-8-10-6-3-4-7-10;1-4-5-6(2)3/h2*10H,3-9H2,1-2H3;9H,3-8H2,1-2H3;6H,4-5H2,1-3H3. The summed E-state index contributed by atoms with van der Waals surface area (Å²) in [6.07, 6.45) is 16.0. The van der Waals surface area contributed by atoms with Gasteiger partial charge in [-0.1, -0.05) is 60.3 Å². The van der Waals surface area contributed by atoms with Crippen LogP contribution in [0.15, 0.2) is 0 Å². The van der Waals surface area contributed by atoms with Gasteiger partial charge >= 0.3 is 0 Å². The molecule has 3 rings (SSSR count). The fourth-order valence-corrected chi connectivity index (χ4v) is 5.23. The molecule has 0 bridgehead atoms. The molecule has 0 aromatic heterocycles. The molecule has 3 aliphatic heterocycles. The highest BCUT2D eigenvalue weighted by molar-refractivity contribution is 4.66. The first-order chi connectivity index (χ1) is 19.1. The van der Waals surface area contributed by atoms with Crippen molar-refractivity contribution >= 4 is 0 Å². The van der Waals surface area contributed by atoms with Gasteiger partial charge < -0.3 is 24.2 Å². The summed E-state index contributed by atoms with van der Waals surface area (Å²) in [5.41, 5.74) is 0. The minimum atomic E-state index is 0.384. The molecule has 0 unspecified atom stereocenters. The van der Waals surface area contributed by atoms with Crippen LogP contribution in [0.4, 0.5) is 0 Å². The van der Waals surface area contributed by atoms with E-state index in [9.17, 15) is 0 Å². The quantitative estimate of drug-likeness (QED) is 0.222. The van der Waals surface area contributed by atoms with Crippen LogP contribution in [0.25, 0.3) is 0 Å². The van der Waals surface area contributed by atoms with Crippen molar-refractivity contribution in [2.75, 3.05) is 72.1 Å². The van der Waals surface area contributed by atoms with Crippen LogP contribution in [0, 0.1) is 11.8 Å². The first-order valence-corrected chi connectivity index (χ1v) is 17.5. The number of likely N-dealkylation sites (tertiary alicyclic amines) is 3. The van der Waals surface area contributed by atoms with Gasteiger partial charge in [-0.15, -0.1) is 0 Å². The number of nitrogens with zero attached hydrogens (tertiary/aromatic N) is 3. The molecule has 0 amide bonds. The number of hydrogen-bond donors (Lipinski definition) is 0. The molecule has 0 aromatic carbocycles. The molecule has 0 saturated carbocycles. The van der Waals surface area contributed by atoms with E-state index in [4.69, 9.17) is 9.47 Å². The van der Waals surface area contributed by atoms with E-state index in [2.05, 4.69) is 77.0 Å². The van der Waals surface area contributed by atoms with Gasteiger partial charge in [-0.25, -0.2) is 0 Å². The highest BCUT2D eigenvalue weighted by atomic mass is 16.5. The van der Waals surface area contributed by atoms with Gasteiger partial charge in [0.1, 0.15) is 0 Å². The number of piperidine rings is 2. The maximum atomic E-state index is 5.50. The predicted molar refractivity (Wildman–Crippen MR) is 178 cm³/mol. The van der Waals surface area contributed by atoms with Crippen LogP contribution in [0.5, 0.6) is 0 Å². The van der Waals surface area contributed by atoms with Crippen LogP contribution in [-0.2, 0) is 9.47 Å². The normalized spacial score (nSPS) is 18.8. The zero-order chi connectivity index (χ0) is 30.0. The Balaban J connectivity index is 0.000000522. The maximum absolute atomic E-state index is 5.50. The predicted octanol–water partition coefficient (Wildman–Crippen LogP) is 8.37. The topological polar surface area (TPSA) is 28.2 Å². The third-order valence-electron chi connectivity index (χ3n) is 7.70. The lowest BCUT2D eigenvalue weighted by Gasteiger charge is -2.26. The summed E-state index contributed by atoms with van der Waals surface area (Å²) in [6, 6.07) is 0. The lowest BCUT2D eigenvalue weighted by Crippen LogP contribution is -2.33. The van der Waals surface area contributed by atoms with Crippen LogP contribution in [0.3, 0.4) is 0 Å². The van der Waals surface area contributed by atoms with Crippen molar-refractivity contribution in [2.45, 2.75) is 145 Å². The van der Waals surface area contributed by atoms with Crippen LogP contribution in [0.1, 0.15) is 133 Å². The number of ether oxygens (including phenoxy) is 2. The van der Waals surface area contributed by atoms with E-state index in [0.29, 0.717) is 12.2 Å². The highest BCUT2D eigenvalue weighted by Crippen LogP contribution is 2.10. The smallest absolute Gasteiger partial charge is 0.0596 e. The van der Waals surface area contributed by atoms with Gasteiger partial charge in [-0.05, 0) is 130 Å². The molecule has 5 nitrogen and oxygen atoms in total. The van der Waals surface area contributed by atoms with Crippen molar-refractivity contribution in [3.8, 4) is 0 Å². The fourth-order valence-electron chi connectivity index (χ4n) is 5.23. The molecule has 0 radical (unpaired) electrons. The summed E-state index contributed by atoms with van der Waals surface area (Å²) >= 11 is 0.